The molecule has 62 valence electrons. The second-order valence-corrected chi connectivity index (χ2v) is 2.85. The number of carboxylic acids is 1. The summed E-state index contributed by atoms with van der Waals surface area (Å²) in [7, 11) is 1.85. The average molecular weight is 163 g/mol. The summed E-state index contributed by atoms with van der Waals surface area (Å²) < 4.78 is 0. The van der Waals surface area contributed by atoms with Crippen molar-refractivity contribution in [3.05, 3.63) is 23.3 Å². The quantitative estimate of drug-likeness (QED) is 0.434. The van der Waals surface area contributed by atoms with Crippen molar-refractivity contribution in [2.75, 3.05) is 5.73 Å². The molecule has 0 radical (unpaired) electrons. The van der Waals surface area contributed by atoms with Gasteiger partial charge in [0.1, 0.15) is 7.85 Å². The second kappa shape index (κ2) is 2.89. The highest BCUT2D eigenvalue weighted by Crippen LogP contribution is 2.14. The molecule has 0 aromatic heterocycles. The van der Waals surface area contributed by atoms with Crippen LogP contribution in [0.2, 0.25) is 0 Å². The Bertz CT molecular complexity index is 336. The van der Waals surface area contributed by atoms with Gasteiger partial charge in [-0.15, -0.1) is 0 Å². The lowest BCUT2D eigenvalue weighted by molar-refractivity contribution is 0.0698. The van der Waals surface area contributed by atoms with E-state index >= 15 is 0 Å². The molecule has 1 aromatic rings. The van der Waals surface area contributed by atoms with Crippen molar-refractivity contribution in [2.45, 2.75) is 6.92 Å². The van der Waals surface area contributed by atoms with Crippen molar-refractivity contribution < 1.29 is 9.90 Å². The molecule has 0 amide bonds. The number of benzene rings is 1. The SMILES string of the molecule is Bc1cc(C)c(N)c(C(=O)O)c1. The lowest BCUT2D eigenvalue weighted by Gasteiger charge is -2.05. The fourth-order valence-corrected chi connectivity index (χ4v) is 1.16. The first kappa shape index (κ1) is 8.65. The third-order valence-electron chi connectivity index (χ3n) is 1.76. The van der Waals surface area contributed by atoms with Crippen LogP contribution in [0.4, 0.5) is 5.69 Å². The van der Waals surface area contributed by atoms with E-state index in [9.17, 15) is 4.79 Å². The minimum atomic E-state index is -0.973. The Morgan fingerprint density at radius 3 is 2.67 bits per heavy atom. The van der Waals surface area contributed by atoms with Crippen LogP contribution in [0.15, 0.2) is 12.1 Å². The molecule has 1 rings (SSSR count). The summed E-state index contributed by atoms with van der Waals surface area (Å²) in [4.78, 5) is 10.6. The van der Waals surface area contributed by atoms with E-state index in [1.807, 2.05) is 13.9 Å². The zero-order valence-corrected chi connectivity index (χ0v) is 7.09. The molecule has 0 fully saturated rings. The molecule has 0 atom stereocenters. The van der Waals surface area contributed by atoms with Gasteiger partial charge < -0.3 is 10.8 Å². The van der Waals surface area contributed by atoms with E-state index in [1.165, 1.54) is 0 Å². The highest BCUT2D eigenvalue weighted by molar-refractivity contribution is 6.33. The maximum absolute atomic E-state index is 10.6. The minimum absolute atomic E-state index is 0.188. The molecular weight excluding hydrogens is 153 g/mol. The van der Waals surface area contributed by atoms with E-state index in [0.29, 0.717) is 5.69 Å². The summed E-state index contributed by atoms with van der Waals surface area (Å²) in [6, 6.07) is 3.44. The molecule has 3 nitrogen and oxygen atoms in total. The van der Waals surface area contributed by atoms with Crippen LogP contribution in [0.25, 0.3) is 0 Å². The fourth-order valence-electron chi connectivity index (χ4n) is 1.16. The van der Waals surface area contributed by atoms with Crippen LogP contribution >= 0.6 is 0 Å². The number of carbonyl (C=O) groups is 1. The molecule has 3 N–H and O–H groups in total. The summed E-state index contributed by atoms with van der Waals surface area (Å²) in [6.45, 7) is 1.80. The van der Waals surface area contributed by atoms with Crippen LogP contribution in [0, 0.1) is 6.92 Å². The molecule has 0 unspecified atom stereocenters. The first-order valence-electron chi connectivity index (χ1n) is 3.62. The van der Waals surface area contributed by atoms with Crippen molar-refractivity contribution in [2.24, 2.45) is 0 Å². The van der Waals surface area contributed by atoms with Crippen LogP contribution in [-0.4, -0.2) is 18.9 Å². The highest BCUT2D eigenvalue weighted by atomic mass is 16.4. The number of aromatic carboxylic acids is 1. The molecule has 0 spiro atoms. The third kappa shape index (κ3) is 1.42. The number of aryl methyl sites for hydroxylation is 1. The van der Waals surface area contributed by atoms with Crippen LogP contribution in [0.3, 0.4) is 0 Å². The monoisotopic (exact) mass is 163 g/mol. The predicted molar refractivity (Wildman–Crippen MR) is 50.7 cm³/mol. The average Bonchev–Trinajstić information content (AvgIpc) is 1.96. The lowest BCUT2D eigenvalue weighted by atomic mass is 9.91. The molecule has 0 aliphatic heterocycles. The van der Waals surface area contributed by atoms with E-state index in [0.717, 1.165) is 11.0 Å². The predicted octanol–water partition coefficient (Wildman–Crippen LogP) is -0.466. The first-order valence-corrected chi connectivity index (χ1v) is 3.62. The van der Waals surface area contributed by atoms with Gasteiger partial charge in [0.15, 0.2) is 0 Å². The van der Waals surface area contributed by atoms with E-state index in [4.69, 9.17) is 10.8 Å². The van der Waals surface area contributed by atoms with Crippen LogP contribution < -0.4 is 11.2 Å². The molecule has 0 saturated carbocycles. The van der Waals surface area contributed by atoms with Gasteiger partial charge in [-0.1, -0.05) is 17.6 Å². The molecule has 4 heteroatoms. The highest BCUT2D eigenvalue weighted by Gasteiger charge is 2.09. The van der Waals surface area contributed by atoms with Crippen molar-refractivity contribution in [1.29, 1.82) is 0 Å². The Labute approximate surface area is 71.6 Å². The van der Waals surface area contributed by atoms with Crippen LogP contribution in [-0.2, 0) is 0 Å². The summed E-state index contributed by atoms with van der Waals surface area (Å²) in [5.74, 6) is -0.973. The second-order valence-electron chi connectivity index (χ2n) is 2.85. The van der Waals surface area contributed by atoms with Crippen molar-refractivity contribution in [3.63, 3.8) is 0 Å². The minimum Gasteiger partial charge on any atom is -0.478 e. The van der Waals surface area contributed by atoms with Crippen LogP contribution in [0.5, 0.6) is 0 Å². The lowest BCUT2D eigenvalue weighted by Crippen LogP contribution is -2.12. The van der Waals surface area contributed by atoms with Gasteiger partial charge in [-0.3, -0.25) is 0 Å². The van der Waals surface area contributed by atoms with E-state index in [-0.39, 0.29) is 5.56 Å². The Balaban J connectivity index is 3.37. The fraction of sp³-hybridized carbons (Fsp3) is 0.125. The molecule has 0 heterocycles. The smallest absolute Gasteiger partial charge is 0.337 e. The third-order valence-corrected chi connectivity index (χ3v) is 1.76. The van der Waals surface area contributed by atoms with Gasteiger partial charge in [0, 0.05) is 5.69 Å². The molecule has 0 saturated heterocycles. The van der Waals surface area contributed by atoms with Crippen molar-refractivity contribution >= 4 is 25.0 Å². The number of nitrogen functional groups attached to an aromatic ring is 1. The molecule has 1 aromatic carbocycles. The van der Waals surface area contributed by atoms with Gasteiger partial charge in [0.05, 0.1) is 5.56 Å². The Morgan fingerprint density at radius 2 is 2.17 bits per heavy atom. The Hall–Kier alpha value is -1.45. The van der Waals surface area contributed by atoms with Crippen LogP contribution in [0.1, 0.15) is 15.9 Å². The molecule has 0 aliphatic rings. The summed E-state index contributed by atoms with van der Waals surface area (Å²) in [6.07, 6.45) is 0. The summed E-state index contributed by atoms with van der Waals surface area (Å²) in [5, 5.41) is 8.73. The van der Waals surface area contributed by atoms with Gasteiger partial charge >= 0.3 is 5.97 Å². The van der Waals surface area contributed by atoms with Gasteiger partial charge in [0.2, 0.25) is 0 Å². The van der Waals surface area contributed by atoms with Gasteiger partial charge in [0.25, 0.3) is 0 Å². The zero-order valence-electron chi connectivity index (χ0n) is 7.09. The topological polar surface area (TPSA) is 63.3 Å². The Morgan fingerprint density at radius 1 is 1.58 bits per heavy atom. The van der Waals surface area contributed by atoms with Crippen molar-refractivity contribution in [1.82, 2.24) is 0 Å². The first-order chi connectivity index (χ1) is 5.52. The molecule has 0 bridgehead atoms. The number of anilines is 1. The zero-order chi connectivity index (χ0) is 9.30. The van der Waals surface area contributed by atoms with E-state index in [2.05, 4.69) is 0 Å². The largest absolute Gasteiger partial charge is 0.478 e. The number of carboxylic acid groups (broad SMARTS) is 1. The Kier molecular flexibility index (Phi) is 2.08. The van der Waals surface area contributed by atoms with Gasteiger partial charge in [-0.25, -0.2) is 4.79 Å². The van der Waals surface area contributed by atoms with E-state index < -0.39 is 5.97 Å². The molecular formula is C8H10BNO2. The molecule has 12 heavy (non-hydrogen) atoms. The van der Waals surface area contributed by atoms with Gasteiger partial charge in [-0.05, 0) is 12.5 Å². The van der Waals surface area contributed by atoms with E-state index in [1.54, 1.807) is 13.0 Å². The van der Waals surface area contributed by atoms with Gasteiger partial charge in [-0.2, -0.15) is 0 Å². The maximum atomic E-state index is 10.6. The molecule has 0 aliphatic carbocycles. The number of hydrogen-bond donors (Lipinski definition) is 2. The van der Waals surface area contributed by atoms with Crippen molar-refractivity contribution in [3.8, 4) is 0 Å². The number of nitrogens with two attached hydrogens (primary N) is 1. The number of hydrogen-bond acceptors (Lipinski definition) is 2. The summed E-state index contributed by atoms with van der Waals surface area (Å²) >= 11 is 0. The number of rotatable bonds is 1. The maximum Gasteiger partial charge on any atom is 0.337 e. The normalized spacial score (nSPS) is 9.75. The standard InChI is InChI=1S/C8H10BNO2/c1-4-2-5(9)3-6(7(4)10)8(11)12/h2-3H,9-10H2,1H3,(H,11,12). The summed E-state index contributed by atoms with van der Waals surface area (Å²) in [5.41, 5.74) is 7.84.